The summed E-state index contributed by atoms with van der Waals surface area (Å²) in [6.45, 7) is 2.98. The lowest BCUT2D eigenvalue weighted by atomic mass is 9.73. The van der Waals surface area contributed by atoms with Crippen LogP contribution in [0, 0.1) is 11.3 Å². The van der Waals surface area contributed by atoms with E-state index in [1.165, 1.54) is 0 Å². The largest absolute Gasteiger partial charge is 0.492 e. The van der Waals surface area contributed by atoms with Crippen LogP contribution in [0.3, 0.4) is 0 Å². The summed E-state index contributed by atoms with van der Waals surface area (Å²) in [7, 11) is 1.81. The summed E-state index contributed by atoms with van der Waals surface area (Å²) in [6.07, 6.45) is 2.76. The standard InChI is InChI=1S/C25H26N4O3/c1-28-22-6-4-19(15-18(22)3-7-23(28)30)32-13-12-29-10-8-25(9-11-29)20-14-17(16-26)2-5-21(20)27-24(25)31/h2,4-6,14-15H,3,7-13H2,1H3,(H,27,31). The first kappa shape index (κ1) is 20.5. The highest BCUT2D eigenvalue weighted by molar-refractivity contribution is 6.06. The third kappa shape index (κ3) is 3.41. The summed E-state index contributed by atoms with van der Waals surface area (Å²) in [6, 6.07) is 13.6. The van der Waals surface area contributed by atoms with Crippen molar-refractivity contribution in [1.29, 1.82) is 5.26 Å². The van der Waals surface area contributed by atoms with Crippen molar-refractivity contribution in [2.75, 3.05) is 43.5 Å². The molecule has 1 N–H and O–H groups in total. The van der Waals surface area contributed by atoms with Gasteiger partial charge in [-0.2, -0.15) is 5.26 Å². The lowest BCUT2D eigenvalue weighted by Crippen LogP contribution is -2.47. The molecule has 5 rings (SSSR count). The number of carbonyl (C=O) groups is 2. The van der Waals surface area contributed by atoms with Crippen molar-refractivity contribution >= 4 is 23.2 Å². The van der Waals surface area contributed by atoms with Gasteiger partial charge in [0.15, 0.2) is 0 Å². The Kier molecular flexibility index (Phi) is 5.10. The molecule has 0 unspecified atom stereocenters. The van der Waals surface area contributed by atoms with Gasteiger partial charge in [0.25, 0.3) is 0 Å². The zero-order valence-corrected chi connectivity index (χ0v) is 18.2. The molecule has 7 nitrogen and oxygen atoms in total. The minimum Gasteiger partial charge on any atom is -0.492 e. The van der Waals surface area contributed by atoms with Crippen LogP contribution in [0.25, 0.3) is 0 Å². The van der Waals surface area contributed by atoms with Gasteiger partial charge in [0, 0.05) is 31.4 Å². The highest BCUT2D eigenvalue weighted by Crippen LogP contribution is 2.45. The highest BCUT2D eigenvalue weighted by Gasteiger charge is 2.48. The van der Waals surface area contributed by atoms with Crippen LogP contribution in [0.5, 0.6) is 5.75 Å². The Labute approximate surface area is 187 Å². The van der Waals surface area contributed by atoms with E-state index in [0.717, 1.165) is 67.1 Å². The Bertz CT molecular complexity index is 1130. The predicted molar refractivity (Wildman–Crippen MR) is 121 cm³/mol. The van der Waals surface area contributed by atoms with Crippen LogP contribution < -0.4 is 15.0 Å². The molecular weight excluding hydrogens is 404 g/mol. The molecule has 0 aromatic heterocycles. The number of ether oxygens (including phenoxy) is 1. The monoisotopic (exact) mass is 430 g/mol. The molecule has 7 heteroatoms. The second-order valence-electron chi connectivity index (χ2n) is 8.84. The normalized spacial score (nSPS) is 19.3. The number of benzene rings is 2. The van der Waals surface area contributed by atoms with E-state index in [0.29, 0.717) is 18.6 Å². The number of aryl methyl sites for hydroxylation is 1. The number of nitriles is 1. The predicted octanol–water partition coefficient (Wildman–Crippen LogP) is 2.83. The smallest absolute Gasteiger partial charge is 0.235 e. The van der Waals surface area contributed by atoms with Gasteiger partial charge in [0.2, 0.25) is 11.8 Å². The number of nitrogens with one attached hydrogen (secondary N) is 1. The molecule has 164 valence electrons. The molecule has 0 atom stereocenters. The fourth-order valence-corrected chi connectivity index (χ4v) is 5.15. The average Bonchev–Trinajstić information content (AvgIpc) is 3.08. The van der Waals surface area contributed by atoms with E-state index in [1.807, 2.05) is 37.4 Å². The summed E-state index contributed by atoms with van der Waals surface area (Å²) in [5, 5.41) is 12.3. The Morgan fingerprint density at radius 2 is 1.94 bits per heavy atom. The Morgan fingerprint density at radius 1 is 1.12 bits per heavy atom. The molecule has 32 heavy (non-hydrogen) atoms. The number of hydrogen-bond donors (Lipinski definition) is 1. The van der Waals surface area contributed by atoms with Crippen molar-refractivity contribution in [1.82, 2.24) is 4.90 Å². The molecule has 0 bridgehead atoms. The molecule has 3 heterocycles. The number of nitrogens with zero attached hydrogens (tertiary/aromatic N) is 3. The Balaban J connectivity index is 1.18. The number of anilines is 2. The quantitative estimate of drug-likeness (QED) is 0.806. The van der Waals surface area contributed by atoms with Gasteiger partial charge in [-0.3, -0.25) is 14.5 Å². The number of likely N-dealkylation sites (tertiary alicyclic amines) is 1. The molecule has 1 spiro atoms. The first-order valence-corrected chi connectivity index (χ1v) is 11.1. The van der Waals surface area contributed by atoms with Crippen molar-refractivity contribution in [2.45, 2.75) is 31.1 Å². The molecule has 3 aliphatic heterocycles. The van der Waals surface area contributed by atoms with E-state index in [-0.39, 0.29) is 11.8 Å². The maximum Gasteiger partial charge on any atom is 0.235 e. The SMILES string of the molecule is CN1C(=O)CCc2cc(OCCN3CCC4(CC3)C(=O)Nc3ccc(C#N)cc34)ccc21. The van der Waals surface area contributed by atoms with Gasteiger partial charge in [-0.15, -0.1) is 0 Å². The van der Waals surface area contributed by atoms with E-state index in [2.05, 4.69) is 16.3 Å². The molecular formula is C25H26N4O3. The van der Waals surface area contributed by atoms with E-state index in [1.54, 1.807) is 11.0 Å². The Morgan fingerprint density at radius 3 is 2.72 bits per heavy atom. The van der Waals surface area contributed by atoms with Crippen LogP contribution >= 0.6 is 0 Å². The van der Waals surface area contributed by atoms with E-state index in [9.17, 15) is 14.9 Å². The zero-order chi connectivity index (χ0) is 22.3. The molecule has 2 aromatic carbocycles. The second-order valence-corrected chi connectivity index (χ2v) is 8.84. The highest BCUT2D eigenvalue weighted by atomic mass is 16.5. The maximum absolute atomic E-state index is 12.8. The topological polar surface area (TPSA) is 85.7 Å². The van der Waals surface area contributed by atoms with Crippen LogP contribution in [0.1, 0.15) is 36.0 Å². The lowest BCUT2D eigenvalue weighted by molar-refractivity contribution is -0.122. The third-order valence-corrected chi connectivity index (χ3v) is 7.13. The molecule has 0 radical (unpaired) electrons. The summed E-state index contributed by atoms with van der Waals surface area (Å²) >= 11 is 0. The summed E-state index contributed by atoms with van der Waals surface area (Å²) in [5.41, 5.74) is 3.98. The number of fused-ring (bicyclic) bond motifs is 3. The van der Waals surface area contributed by atoms with E-state index < -0.39 is 5.41 Å². The van der Waals surface area contributed by atoms with Crippen molar-refractivity contribution in [2.24, 2.45) is 0 Å². The van der Waals surface area contributed by atoms with Crippen LogP contribution in [-0.2, 0) is 21.4 Å². The third-order valence-electron chi connectivity index (χ3n) is 7.13. The molecule has 1 fully saturated rings. The molecule has 3 aliphatic rings. The van der Waals surface area contributed by atoms with Crippen molar-refractivity contribution in [3.63, 3.8) is 0 Å². The van der Waals surface area contributed by atoms with Gasteiger partial charge in [-0.05, 0) is 79.9 Å². The van der Waals surface area contributed by atoms with E-state index >= 15 is 0 Å². The molecule has 0 aliphatic carbocycles. The van der Waals surface area contributed by atoms with Gasteiger partial charge in [-0.25, -0.2) is 0 Å². The number of piperidine rings is 1. The fraction of sp³-hybridized carbons (Fsp3) is 0.400. The number of hydrogen-bond acceptors (Lipinski definition) is 5. The molecule has 1 saturated heterocycles. The van der Waals surface area contributed by atoms with Crippen LogP contribution in [0.15, 0.2) is 36.4 Å². The fourth-order valence-electron chi connectivity index (χ4n) is 5.15. The van der Waals surface area contributed by atoms with Gasteiger partial charge >= 0.3 is 0 Å². The molecule has 2 aromatic rings. The summed E-state index contributed by atoms with van der Waals surface area (Å²) in [5.74, 6) is 1.03. The van der Waals surface area contributed by atoms with Gasteiger partial charge in [0.05, 0.1) is 17.0 Å². The zero-order valence-electron chi connectivity index (χ0n) is 18.2. The molecule has 2 amide bonds. The number of amides is 2. The summed E-state index contributed by atoms with van der Waals surface area (Å²) in [4.78, 5) is 28.7. The van der Waals surface area contributed by atoms with Crippen LogP contribution in [0.2, 0.25) is 0 Å². The van der Waals surface area contributed by atoms with E-state index in [4.69, 9.17) is 4.74 Å². The first-order chi connectivity index (χ1) is 15.5. The maximum atomic E-state index is 12.8. The minimum atomic E-state index is -0.526. The number of rotatable bonds is 4. The van der Waals surface area contributed by atoms with Crippen LogP contribution in [0.4, 0.5) is 11.4 Å². The van der Waals surface area contributed by atoms with Crippen molar-refractivity contribution in [3.05, 3.63) is 53.1 Å². The van der Waals surface area contributed by atoms with Gasteiger partial charge < -0.3 is 15.0 Å². The second kappa shape index (κ2) is 7.95. The summed E-state index contributed by atoms with van der Waals surface area (Å²) < 4.78 is 6.00. The van der Waals surface area contributed by atoms with Gasteiger partial charge in [0.1, 0.15) is 12.4 Å². The average molecular weight is 431 g/mol. The minimum absolute atomic E-state index is 0.0519. The van der Waals surface area contributed by atoms with Crippen LogP contribution in [-0.4, -0.2) is 50.0 Å². The lowest BCUT2D eigenvalue weighted by Gasteiger charge is -2.38. The Hall–Kier alpha value is -3.37. The van der Waals surface area contributed by atoms with Gasteiger partial charge in [-0.1, -0.05) is 0 Å². The molecule has 0 saturated carbocycles. The first-order valence-electron chi connectivity index (χ1n) is 11.1. The van der Waals surface area contributed by atoms with Crippen molar-refractivity contribution in [3.8, 4) is 11.8 Å². The van der Waals surface area contributed by atoms with Crippen molar-refractivity contribution < 1.29 is 14.3 Å². The number of carbonyl (C=O) groups excluding carboxylic acids is 2.